The third-order valence-electron chi connectivity index (χ3n) is 2.73. The van der Waals surface area contributed by atoms with Gasteiger partial charge >= 0.3 is 0 Å². The standard InChI is InChI=1S/C13H14ClNO4S2/c1-18-9-3-5-11(19-2)12(7-9)21(16,17)15-8-10-4-6-13(14)20-10/h3-7,15H,8H2,1-2H3. The van der Waals surface area contributed by atoms with Gasteiger partial charge in [-0.25, -0.2) is 13.1 Å². The van der Waals surface area contributed by atoms with Crippen LogP contribution in [0, 0.1) is 0 Å². The minimum atomic E-state index is -3.72. The lowest BCUT2D eigenvalue weighted by Gasteiger charge is -2.11. The van der Waals surface area contributed by atoms with Crippen LogP contribution >= 0.6 is 22.9 Å². The average Bonchev–Trinajstić information content (AvgIpc) is 2.90. The zero-order valence-corrected chi connectivity index (χ0v) is 13.8. The van der Waals surface area contributed by atoms with Gasteiger partial charge in [0.05, 0.1) is 18.6 Å². The third-order valence-corrected chi connectivity index (χ3v) is 5.38. The Kier molecular flexibility index (Phi) is 5.10. The van der Waals surface area contributed by atoms with Gasteiger partial charge < -0.3 is 9.47 Å². The second-order valence-corrected chi connectivity index (χ2v) is 7.58. The van der Waals surface area contributed by atoms with Gasteiger partial charge in [0.25, 0.3) is 0 Å². The van der Waals surface area contributed by atoms with Crippen LogP contribution in [0.5, 0.6) is 11.5 Å². The van der Waals surface area contributed by atoms with E-state index < -0.39 is 10.0 Å². The van der Waals surface area contributed by atoms with E-state index in [-0.39, 0.29) is 17.2 Å². The maximum absolute atomic E-state index is 12.4. The molecule has 0 saturated heterocycles. The monoisotopic (exact) mass is 347 g/mol. The number of rotatable bonds is 6. The van der Waals surface area contributed by atoms with E-state index >= 15 is 0 Å². The number of thiophene rings is 1. The van der Waals surface area contributed by atoms with Crippen molar-refractivity contribution in [3.05, 3.63) is 39.5 Å². The second-order valence-electron chi connectivity index (χ2n) is 4.05. The summed E-state index contributed by atoms with van der Waals surface area (Å²) in [7, 11) is -0.828. The van der Waals surface area contributed by atoms with E-state index in [4.69, 9.17) is 21.1 Å². The van der Waals surface area contributed by atoms with Crippen LogP contribution in [0.25, 0.3) is 0 Å². The Morgan fingerprint density at radius 3 is 2.52 bits per heavy atom. The predicted molar refractivity (Wildman–Crippen MR) is 82.9 cm³/mol. The molecule has 0 atom stereocenters. The van der Waals surface area contributed by atoms with Crippen LogP contribution < -0.4 is 14.2 Å². The van der Waals surface area contributed by atoms with Gasteiger partial charge in [0.1, 0.15) is 16.4 Å². The summed E-state index contributed by atoms with van der Waals surface area (Å²) >= 11 is 7.14. The molecule has 21 heavy (non-hydrogen) atoms. The Balaban J connectivity index is 2.26. The maximum Gasteiger partial charge on any atom is 0.244 e. The van der Waals surface area contributed by atoms with Gasteiger partial charge in [-0.3, -0.25) is 0 Å². The first-order valence-electron chi connectivity index (χ1n) is 5.92. The van der Waals surface area contributed by atoms with Crippen molar-refractivity contribution in [3.63, 3.8) is 0 Å². The molecule has 0 saturated carbocycles. The normalized spacial score (nSPS) is 11.4. The van der Waals surface area contributed by atoms with Crippen molar-refractivity contribution in [2.75, 3.05) is 14.2 Å². The van der Waals surface area contributed by atoms with Gasteiger partial charge in [0, 0.05) is 17.5 Å². The minimum absolute atomic E-state index is 0.0343. The summed E-state index contributed by atoms with van der Waals surface area (Å²) in [5.74, 6) is 0.697. The molecule has 0 radical (unpaired) electrons. The lowest BCUT2D eigenvalue weighted by atomic mass is 10.3. The molecule has 0 unspecified atom stereocenters. The van der Waals surface area contributed by atoms with E-state index in [1.165, 1.54) is 31.6 Å². The number of halogens is 1. The summed E-state index contributed by atoms with van der Waals surface area (Å²) in [6, 6.07) is 8.11. The highest BCUT2D eigenvalue weighted by molar-refractivity contribution is 7.89. The van der Waals surface area contributed by atoms with Crippen LogP contribution in [0.4, 0.5) is 0 Å². The molecule has 2 rings (SSSR count). The Hall–Kier alpha value is -1.28. The van der Waals surface area contributed by atoms with E-state index in [2.05, 4.69) is 4.72 Å². The zero-order chi connectivity index (χ0) is 15.5. The van der Waals surface area contributed by atoms with Crippen LogP contribution in [0.2, 0.25) is 4.34 Å². The van der Waals surface area contributed by atoms with Gasteiger partial charge in [-0.2, -0.15) is 0 Å². The van der Waals surface area contributed by atoms with Crippen molar-refractivity contribution in [1.82, 2.24) is 4.72 Å². The van der Waals surface area contributed by atoms with Crippen molar-refractivity contribution < 1.29 is 17.9 Å². The maximum atomic E-state index is 12.4. The summed E-state index contributed by atoms with van der Waals surface area (Å²) in [6.07, 6.45) is 0. The molecule has 2 aromatic rings. The molecule has 0 spiro atoms. The summed E-state index contributed by atoms with van der Waals surface area (Å²) in [6.45, 7) is 0.167. The van der Waals surface area contributed by atoms with Crippen molar-refractivity contribution in [2.24, 2.45) is 0 Å². The molecule has 114 valence electrons. The number of hydrogen-bond donors (Lipinski definition) is 1. The van der Waals surface area contributed by atoms with Gasteiger partial charge in [-0.15, -0.1) is 11.3 Å². The lowest BCUT2D eigenvalue weighted by molar-refractivity contribution is 0.392. The Morgan fingerprint density at radius 1 is 1.19 bits per heavy atom. The highest BCUT2D eigenvalue weighted by Gasteiger charge is 2.20. The number of nitrogens with one attached hydrogen (secondary N) is 1. The van der Waals surface area contributed by atoms with E-state index in [1.807, 2.05) is 0 Å². The number of hydrogen-bond acceptors (Lipinski definition) is 5. The topological polar surface area (TPSA) is 64.6 Å². The number of sulfonamides is 1. The quantitative estimate of drug-likeness (QED) is 0.872. The molecule has 0 aliphatic rings. The highest BCUT2D eigenvalue weighted by Crippen LogP contribution is 2.28. The first kappa shape index (κ1) is 16.1. The van der Waals surface area contributed by atoms with Crippen molar-refractivity contribution in [2.45, 2.75) is 11.4 Å². The summed E-state index contributed by atoms with van der Waals surface area (Å²) in [4.78, 5) is 0.859. The summed E-state index contributed by atoms with van der Waals surface area (Å²) < 4.78 is 38.1. The molecular weight excluding hydrogens is 334 g/mol. The Labute approximate surface area is 132 Å². The largest absolute Gasteiger partial charge is 0.497 e. The van der Waals surface area contributed by atoms with E-state index in [0.717, 1.165) is 4.88 Å². The van der Waals surface area contributed by atoms with E-state index in [0.29, 0.717) is 10.1 Å². The van der Waals surface area contributed by atoms with Crippen LogP contribution in [-0.2, 0) is 16.6 Å². The molecule has 8 heteroatoms. The highest BCUT2D eigenvalue weighted by atomic mass is 35.5. The number of ether oxygens (including phenoxy) is 2. The first-order chi connectivity index (χ1) is 9.96. The molecule has 0 fully saturated rings. The van der Waals surface area contributed by atoms with Crippen LogP contribution in [0.3, 0.4) is 0 Å². The SMILES string of the molecule is COc1ccc(OC)c(S(=O)(=O)NCc2ccc(Cl)s2)c1. The molecule has 1 aromatic heterocycles. The molecule has 5 nitrogen and oxygen atoms in total. The molecule has 0 aliphatic carbocycles. The van der Waals surface area contributed by atoms with Crippen molar-refractivity contribution >= 4 is 33.0 Å². The molecular formula is C13H14ClNO4S2. The predicted octanol–water partition coefficient (Wildman–Crippen LogP) is 2.90. The Bertz CT molecular complexity index is 728. The van der Waals surface area contributed by atoms with Crippen molar-refractivity contribution in [3.8, 4) is 11.5 Å². The molecule has 0 aliphatic heterocycles. The molecule has 0 bridgehead atoms. The van der Waals surface area contributed by atoms with E-state index in [9.17, 15) is 8.42 Å². The number of methoxy groups -OCH3 is 2. The molecule has 1 N–H and O–H groups in total. The lowest BCUT2D eigenvalue weighted by Crippen LogP contribution is -2.23. The van der Waals surface area contributed by atoms with E-state index in [1.54, 1.807) is 24.3 Å². The van der Waals surface area contributed by atoms with Gasteiger partial charge in [0.15, 0.2) is 0 Å². The second kappa shape index (κ2) is 6.65. The zero-order valence-electron chi connectivity index (χ0n) is 11.4. The fraction of sp³-hybridized carbons (Fsp3) is 0.231. The third kappa shape index (κ3) is 3.88. The van der Waals surface area contributed by atoms with Crippen LogP contribution in [-0.4, -0.2) is 22.6 Å². The summed E-state index contributed by atoms with van der Waals surface area (Å²) in [5, 5.41) is 0. The fourth-order valence-electron chi connectivity index (χ4n) is 1.68. The van der Waals surface area contributed by atoms with Crippen molar-refractivity contribution in [1.29, 1.82) is 0 Å². The molecule has 1 heterocycles. The van der Waals surface area contributed by atoms with Crippen LogP contribution in [0.15, 0.2) is 35.2 Å². The minimum Gasteiger partial charge on any atom is -0.497 e. The first-order valence-corrected chi connectivity index (χ1v) is 8.60. The van der Waals surface area contributed by atoms with Crippen LogP contribution in [0.1, 0.15) is 4.88 Å². The molecule has 1 aromatic carbocycles. The average molecular weight is 348 g/mol. The van der Waals surface area contributed by atoms with Gasteiger partial charge in [-0.05, 0) is 24.3 Å². The van der Waals surface area contributed by atoms with Gasteiger partial charge in [0.2, 0.25) is 10.0 Å². The molecule has 0 amide bonds. The number of benzene rings is 1. The Morgan fingerprint density at radius 2 is 1.95 bits per heavy atom. The fourth-order valence-corrected chi connectivity index (χ4v) is 3.99. The van der Waals surface area contributed by atoms with Gasteiger partial charge in [-0.1, -0.05) is 11.6 Å². The smallest absolute Gasteiger partial charge is 0.244 e. The summed E-state index contributed by atoms with van der Waals surface area (Å²) in [5.41, 5.74) is 0.